The Labute approximate surface area is 80.2 Å². The second kappa shape index (κ2) is 3.95. The lowest BCUT2D eigenvalue weighted by Crippen LogP contribution is -1.80. The van der Waals surface area contributed by atoms with Gasteiger partial charge in [0.25, 0.3) is 0 Å². The van der Waals surface area contributed by atoms with E-state index < -0.39 is 0 Å². The van der Waals surface area contributed by atoms with Crippen molar-refractivity contribution in [3.8, 4) is 17.9 Å². The van der Waals surface area contributed by atoms with Gasteiger partial charge < -0.3 is 0 Å². The summed E-state index contributed by atoms with van der Waals surface area (Å²) in [5.74, 6) is 5.12. The fraction of sp³-hybridized carbons (Fsp3) is 0.100. The summed E-state index contributed by atoms with van der Waals surface area (Å²) in [6.45, 7) is 1.96. The molecule has 0 atom stereocenters. The quantitative estimate of drug-likeness (QED) is 0.616. The van der Waals surface area contributed by atoms with E-state index in [1.54, 1.807) is 6.07 Å². The SMILES string of the molecule is Cc1cc(Br)ccc1C#CC#N. The van der Waals surface area contributed by atoms with E-state index in [2.05, 4.69) is 27.8 Å². The number of hydrogen-bond donors (Lipinski definition) is 0. The Kier molecular flexibility index (Phi) is 2.91. The minimum absolute atomic E-state index is 0.903. The van der Waals surface area contributed by atoms with Crippen LogP contribution in [-0.2, 0) is 0 Å². The van der Waals surface area contributed by atoms with Crippen molar-refractivity contribution in [2.24, 2.45) is 0 Å². The number of benzene rings is 1. The second-order valence-corrected chi connectivity index (χ2v) is 3.24. The predicted octanol–water partition coefficient (Wildman–Crippen LogP) is 2.63. The molecule has 1 aromatic rings. The van der Waals surface area contributed by atoms with Gasteiger partial charge in [0, 0.05) is 16.0 Å². The molecule has 0 saturated carbocycles. The summed E-state index contributed by atoms with van der Waals surface area (Å²) in [7, 11) is 0. The fourth-order valence-electron chi connectivity index (χ4n) is 0.863. The Bertz CT molecular complexity index is 391. The molecule has 1 rings (SSSR count). The minimum atomic E-state index is 0.903. The lowest BCUT2D eigenvalue weighted by atomic mass is 10.1. The van der Waals surface area contributed by atoms with Gasteiger partial charge in [-0.1, -0.05) is 21.9 Å². The molecule has 0 fully saturated rings. The highest BCUT2D eigenvalue weighted by molar-refractivity contribution is 9.10. The molecule has 0 amide bonds. The molecule has 0 heterocycles. The molecule has 1 nitrogen and oxygen atoms in total. The first kappa shape index (κ1) is 8.84. The summed E-state index contributed by atoms with van der Waals surface area (Å²) < 4.78 is 1.03. The summed E-state index contributed by atoms with van der Waals surface area (Å²) in [4.78, 5) is 0. The van der Waals surface area contributed by atoms with Crippen LogP contribution in [0.1, 0.15) is 11.1 Å². The molecular weight excluding hydrogens is 214 g/mol. The number of rotatable bonds is 0. The third-order valence-electron chi connectivity index (χ3n) is 1.44. The van der Waals surface area contributed by atoms with Crippen molar-refractivity contribution in [3.05, 3.63) is 33.8 Å². The highest BCUT2D eigenvalue weighted by Crippen LogP contribution is 2.14. The van der Waals surface area contributed by atoms with Gasteiger partial charge in [-0.2, -0.15) is 5.26 Å². The van der Waals surface area contributed by atoms with E-state index in [1.165, 1.54) is 0 Å². The Hall–Kier alpha value is -1.25. The fourth-order valence-corrected chi connectivity index (χ4v) is 1.34. The summed E-state index contributed by atoms with van der Waals surface area (Å²) in [6.07, 6.45) is 0. The second-order valence-electron chi connectivity index (χ2n) is 2.32. The van der Waals surface area contributed by atoms with Gasteiger partial charge in [-0.3, -0.25) is 0 Å². The van der Waals surface area contributed by atoms with E-state index in [1.807, 2.05) is 25.1 Å². The molecule has 58 valence electrons. The summed E-state index contributed by atoms with van der Waals surface area (Å²) in [6, 6.07) is 7.56. The Morgan fingerprint density at radius 2 is 2.17 bits per heavy atom. The maximum Gasteiger partial charge on any atom is 0.152 e. The standard InChI is InChI=1S/C10H6BrN/c1-8-7-10(11)5-4-9(8)3-2-6-12/h4-5,7H,1H3. The largest absolute Gasteiger partial charge is 0.183 e. The molecule has 0 radical (unpaired) electrons. The van der Waals surface area contributed by atoms with Crippen LogP contribution in [0.2, 0.25) is 0 Å². The van der Waals surface area contributed by atoms with Crippen LogP contribution in [0.15, 0.2) is 22.7 Å². The Morgan fingerprint density at radius 1 is 1.42 bits per heavy atom. The van der Waals surface area contributed by atoms with E-state index in [4.69, 9.17) is 5.26 Å². The van der Waals surface area contributed by atoms with E-state index in [0.717, 1.165) is 15.6 Å². The van der Waals surface area contributed by atoms with Crippen LogP contribution in [0.3, 0.4) is 0 Å². The van der Waals surface area contributed by atoms with Crippen LogP contribution in [0, 0.1) is 30.1 Å². The van der Waals surface area contributed by atoms with Crippen molar-refractivity contribution in [3.63, 3.8) is 0 Å². The minimum Gasteiger partial charge on any atom is -0.183 e. The zero-order valence-corrected chi connectivity index (χ0v) is 8.14. The van der Waals surface area contributed by atoms with Crippen LogP contribution in [0.25, 0.3) is 0 Å². The van der Waals surface area contributed by atoms with Gasteiger partial charge in [-0.05, 0) is 30.7 Å². The van der Waals surface area contributed by atoms with Gasteiger partial charge in [0.1, 0.15) is 0 Å². The number of halogens is 1. The van der Waals surface area contributed by atoms with Gasteiger partial charge in [-0.15, -0.1) is 0 Å². The molecule has 0 unspecified atom stereocenters. The zero-order chi connectivity index (χ0) is 8.97. The van der Waals surface area contributed by atoms with Gasteiger partial charge in [-0.25, -0.2) is 0 Å². The van der Waals surface area contributed by atoms with Crippen LogP contribution >= 0.6 is 15.9 Å². The van der Waals surface area contributed by atoms with Gasteiger partial charge in [0.15, 0.2) is 6.07 Å². The number of nitrogens with zero attached hydrogens (tertiary/aromatic N) is 1. The van der Waals surface area contributed by atoms with Gasteiger partial charge in [0.2, 0.25) is 0 Å². The normalized spacial score (nSPS) is 8.08. The van der Waals surface area contributed by atoms with Crippen molar-refractivity contribution in [2.75, 3.05) is 0 Å². The van der Waals surface area contributed by atoms with E-state index in [-0.39, 0.29) is 0 Å². The van der Waals surface area contributed by atoms with Crippen molar-refractivity contribution >= 4 is 15.9 Å². The van der Waals surface area contributed by atoms with Crippen LogP contribution in [0.5, 0.6) is 0 Å². The van der Waals surface area contributed by atoms with Crippen molar-refractivity contribution in [1.29, 1.82) is 5.26 Å². The average molecular weight is 220 g/mol. The molecule has 0 aliphatic rings. The first-order chi connectivity index (χ1) is 5.74. The number of nitriles is 1. The summed E-state index contributed by atoms with van der Waals surface area (Å²) in [5.41, 5.74) is 1.98. The molecule has 0 aliphatic carbocycles. The molecule has 0 aromatic heterocycles. The first-order valence-corrected chi connectivity index (χ1v) is 4.19. The monoisotopic (exact) mass is 219 g/mol. The van der Waals surface area contributed by atoms with E-state index >= 15 is 0 Å². The smallest absolute Gasteiger partial charge is 0.152 e. The van der Waals surface area contributed by atoms with E-state index in [0.29, 0.717) is 0 Å². The third-order valence-corrected chi connectivity index (χ3v) is 1.93. The topological polar surface area (TPSA) is 23.8 Å². The Morgan fingerprint density at radius 3 is 2.75 bits per heavy atom. The van der Waals surface area contributed by atoms with Crippen molar-refractivity contribution in [2.45, 2.75) is 6.92 Å². The van der Waals surface area contributed by atoms with Crippen LogP contribution in [0.4, 0.5) is 0 Å². The molecule has 2 heteroatoms. The molecule has 1 aromatic carbocycles. The molecule has 0 aliphatic heterocycles. The molecule has 0 spiro atoms. The highest BCUT2D eigenvalue weighted by atomic mass is 79.9. The van der Waals surface area contributed by atoms with Crippen LogP contribution in [-0.4, -0.2) is 0 Å². The summed E-state index contributed by atoms with van der Waals surface area (Å²) in [5, 5.41) is 8.24. The number of hydrogen-bond acceptors (Lipinski definition) is 1. The third kappa shape index (κ3) is 2.12. The number of aryl methyl sites for hydroxylation is 1. The Balaban J connectivity index is 3.12. The lowest BCUT2D eigenvalue weighted by molar-refractivity contribution is 1.42. The van der Waals surface area contributed by atoms with Crippen molar-refractivity contribution < 1.29 is 0 Å². The maximum atomic E-state index is 8.24. The molecular formula is C10H6BrN. The molecule has 0 N–H and O–H groups in total. The first-order valence-electron chi connectivity index (χ1n) is 3.40. The predicted molar refractivity (Wildman–Crippen MR) is 51.4 cm³/mol. The molecule has 12 heavy (non-hydrogen) atoms. The molecule has 0 saturated heterocycles. The van der Waals surface area contributed by atoms with Crippen LogP contribution < -0.4 is 0 Å². The zero-order valence-electron chi connectivity index (χ0n) is 6.56. The lowest BCUT2D eigenvalue weighted by Gasteiger charge is -1.96. The van der Waals surface area contributed by atoms with Gasteiger partial charge in [0.05, 0.1) is 0 Å². The van der Waals surface area contributed by atoms with Crippen molar-refractivity contribution in [1.82, 2.24) is 0 Å². The molecule has 0 bridgehead atoms. The van der Waals surface area contributed by atoms with Gasteiger partial charge >= 0.3 is 0 Å². The summed E-state index contributed by atoms with van der Waals surface area (Å²) >= 11 is 3.35. The average Bonchev–Trinajstić information content (AvgIpc) is 2.03. The highest BCUT2D eigenvalue weighted by Gasteiger charge is 1.93. The van der Waals surface area contributed by atoms with E-state index in [9.17, 15) is 0 Å². The maximum absolute atomic E-state index is 8.24.